The molecule has 30 heavy (non-hydrogen) atoms. The summed E-state index contributed by atoms with van der Waals surface area (Å²) in [6, 6.07) is 13.4. The van der Waals surface area contributed by atoms with Crippen molar-refractivity contribution in [1.29, 1.82) is 0 Å². The number of phenolic OH excluding ortho intramolecular Hbond substituents is 1. The smallest absolute Gasteiger partial charge is 0.251 e. The van der Waals surface area contributed by atoms with Gasteiger partial charge in [0.2, 0.25) is 0 Å². The summed E-state index contributed by atoms with van der Waals surface area (Å²) in [6.45, 7) is 1.14. The number of benzene rings is 2. The van der Waals surface area contributed by atoms with Gasteiger partial charge < -0.3 is 25.0 Å². The van der Waals surface area contributed by atoms with Crippen LogP contribution in [0, 0.1) is 0 Å². The van der Waals surface area contributed by atoms with Crippen LogP contribution in [0.15, 0.2) is 60.2 Å². The molecule has 2 aromatic rings. The molecule has 1 amide bonds. The van der Waals surface area contributed by atoms with Gasteiger partial charge in [0.1, 0.15) is 5.75 Å². The lowest BCUT2D eigenvalue weighted by molar-refractivity contribution is -0.0849. The Hall–Kier alpha value is -2.38. The third-order valence-electron chi connectivity index (χ3n) is 4.87. The zero-order valence-electron chi connectivity index (χ0n) is 16.6. The van der Waals surface area contributed by atoms with Gasteiger partial charge in [0, 0.05) is 17.1 Å². The molecule has 2 atom stereocenters. The van der Waals surface area contributed by atoms with Crippen molar-refractivity contribution in [3.63, 3.8) is 0 Å². The molecule has 1 unspecified atom stereocenters. The van der Waals surface area contributed by atoms with Gasteiger partial charge >= 0.3 is 0 Å². The summed E-state index contributed by atoms with van der Waals surface area (Å²) < 4.78 is 11.4. The predicted molar refractivity (Wildman–Crippen MR) is 114 cm³/mol. The Balaban J connectivity index is 1.47. The molecule has 0 spiro atoms. The maximum absolute atomic E-state index is 12.2. The number of aromatic hydroxyl groups is 1. The molecular formula is C23H26ClNO5. The summed E-state index contributed by atoms with van der Waals surface area (Å²) in [4.78, 5) is 12.2. The second kappa shape index (κ2) is 11.1. The third-order valence-corrected chi connectivity index (χ3v) is 5.10. The molecule has 0 aliphatic carbocycles. The van der Waals surface area contributed by atoms with E-state index >= 15 is 0 Å². The third kappa shape index (κ3) is 6.85. The second-order valence-electron chi connectivity index (χ2n) is 7.15. The van der Waals surface area contributed by atoms with Crippen molar-refractivity contribution in [2.45, 2.75) is 38.3 Å². The van der Waals surface area contributed by atoms with E-state index in [1.54, 1.807) is 24.3 Å². The summed E-state index contributed by atoms with van der Waals surface area (Å²) in [5.74, 6) is -0.105. The number of carbonyl (C=O) groups is 1. The molecule has 0 aromatic heterocycles. The van der Waals surface area contributed by atoms with Crippen molar-refractivity contribution < 1.29 is 24.5 Å². The maximum Gasteiger partial charge on any atom is 0.251 e. The molecule has 1 aliphatic heterocycles. The fourth-order valence-corrected chi connectivity index (χ4v) is 3.42. The topological polar surface area (TPSA) is 88.0 Å². The van der Waals surface area contributed by atoms with Gasteiger partial charge in [-0.3, -0.25) is 4.79 Å². The number of rotatable bonds is 7. The molecule has 0 bridgehead atoms. The standard InChI is InChI=1S/C23H26ClNO5/c24-19-5-1-3-16(13-19)15-30-23(28)18-4-2-12-29-21(11-8-18)14-25-22(27)17-6-9-20(26)10-7-17/h1,3-7,9-10,13,21,23,26,28H,2,8,11-12,14-15H2,(H,25,27)/b18-4-/t21-,23?/m0/s1. The Bertz CT molecular complexity index is 868. The van der Waals surface area contributed by atoms with Crippen LogP contribution in [-0.4, -0.2) is 41.7 Å². The molecule has 160 valence electrons. The number of phenols is 1. The summed E-state index contributed by atoms with van der Waals surface area (Å²) in [5, 5.41) is 23.3. The molecule has 2 aromatic carbocycles. The van der Waals surface area contributed by atoms with Crippen LogP contribution in [0.1, 0.15) is 35.2 Å². The van der Waals surface area contributed by atoms with E-state index in [0.717, 1.165) is 11.1 Å². The highest BCUT2D eigenvalue weighted by Crippen LogP contribution is 2.20. The largest absolute Gasteiger partial charge is 0.508 e. The summed E-state index contributed by atoms with van der Waals surface area (Å²) in [6.07, 6.45) is 2.73. The number of hydrogen-bond donors (Lipinski definition) is 3. The van der Waals surface area contributed by atoms with Gasteiger partial charge in [-0.25, -0.2) is 0 Å². The van der Waals surface area contributed by atoms with Gasteiger partial charge in [0.25, 0.3) is 5.91 Å². The summed E-state index contributed by atoms with van der Waals surface area (Å²) in [7, 11) is 0. The van der Waals surface area contributed by atoms with E-state index in [1.165, 1.54) is 12.1 Å². The lowest BCUT2D eigenvalue weighted by Gasteiger charge is -2.23. The molecule has 0 saturated carbocycles. The van der Waals surface area contributed by atoms with E-state index in [9.17, 15) is 15.0 Å². The Morgan fingerprint density at radius 2 is 2.07 bits per heavy atom. The zero-order valence-corrected chi connectivity index (χ0v) is 17.3. The van der Waals surface area contributed by atoms with Gasteiger partial charge in [-0.2, -0.15) is 0 Å². The first-order valence-electron chi connectivity index (χ1n) is 9.93. The van der Waals surface area contributed by atoms with Gasteiger partial charge in [-0.15, -0.1) is 0 Å². The molecule has 0 radical (unpaired) electrons. The highest BCUT2D eigenvalue weighted by atomic mass is 35.5. The fraction of sp³-hybridized carbons (Fsp3) is 0.348. The lowest BCUT2D eigenvalue weighted by Crippen LogP contribution is -2.34. The van der Waals surface area contributed by atoms with Crippen molar-refractivity contribution >= 4 is 17.5 Å². The van der Waals surface area contributed by atoms with Crippen LogP contribution in [0.5, 0.6) is 5.75 Å². The predicted octanol–water partition coefficient (Wildman–Crippen LogP) is 3.81. The van der Waals surface area contributed by atoms with Crippen LogP contribution in [0.2, 0.25) is 5.02 Å². The minimum absolute atomic E-state index is 0.116. The first-order valence-corrected chi connectivity index (χ1v) is 10.3. The van der Waals surface area contributed by atoms with Crippen LogP contribution in [-0.2, 0) is 16.1 Å². The molecule has 1 aliphatic rings. The highest BCUT2D eigenvalue weighted by Gasteiger charge is 2.19. The van der Waals surface area contributed by atoms with Crippen molar-refractivity contribution in [3.8, 4) is 5.75 Å². The number of nitrogens with one attached hydrogen (secondary N) is 1. The quantitative estimate of drug-likeness (QED) is 0.458. The monoisotopic (exact) mass is 431 g/mol. The van der Waals surface area contributed by atoms with Crippen LogP contribution in [0.25, 0.3) is 0 Å². The number of ether oxygens (including phenoxy) is 2. The zero-order chi connectivity index (χ0) is 21.3. The minimum atomic E-state index is -0.991. The van der Waals surface area contributed by atoms with E-state index in [4.69, 9.17) is 21.1 Å². The first-order chi connectivity index (χ1) is 14.5. The highest BCUT2D eigenvalue weighted by molar-refractivity contribution is 6.30. The Morgan fingerprint density at radius 3 is 2.83 bits per heavy atom. The van der Waals surface area contributed by atoms with E-state index in [1.807, 2.05) is 18.2 Å². The number of aliphatic hydroxyl groups is 1. The minimum Gasteiger partial charge on any atom is -0.508 e. The Labute approximate surface area is 181 Å². The molecular weight excluding hydrogens is 406 g/mol. The van der Waals surface area contributed by atoms with Crippen molar-refractivity contribution in [2.75, 3.05) is 13.2 Å². The molecule has 6 nitrogen and oxygen atoms in total. The van der Waals surface area contributed by atoms with E-state index < -0.39 is 6.29 Å². The number of aliphatic hydroxyl groups excluding tert-OH is 1. The van der Waals surface area contributed by atoms with Gasteiger partial charge in [-0.1, -0.05) is 29.8 Å². The van der Waals surface area contributed by atoms with Crippen molar-refractivity contribution in [3.05, 3.63) is 76.3 Å². The first kappa shape index (κ1) is 22.3. The van der Waals surface area contributed by atoms with E-state index in [0.29, 0.717) is 43.0 Å². The number of amides is 1. The average Bonchev–Trinajstić information content (AvgIpc) is 2.72. The van der Waals surface area contributed by atoms with Crippen molar-refractivity contribution in [1.82, 2.24) is 5.32 Å². The number of hydrogen-bond acceptors (Lipinski definition) is 5. The normalized spacial score (nSPS) is 19.8. The molecule has 3 N–H and O–H groups in total. The van der Waals surface area contributed by atoms with Gasteiger partial charge in [-0.05, 0) is 66.8 Å². The van der Waals surface area contributed by atoms with Crippen molar-refractivity contribution in [2.24, 2.45) is 0 Å². The second-order valence-corrected chi connectivity index (χ2v) is 7.59. The molecule has 7 heteroatoms. The summed E-state index contributed by atoms with van der Waals surface area (Å²) in [5.41, 5.74) is 2.19. The van der Waals surface area contributed by atoms with Crippen LogP contribution >= 0.6 is 11.6 Å². The van der Waals surface area contributed by atoms with Gasteiger partial charge in [0.15, 0.2) is 6.29 Å². The molecule has 0 saturated heterocycles. The van der Waals surface area contributed by atoms with E-state index in [2.05, 4.69) is 5.32 Å². The maximum atomic E-state index is 12.2. The Morgan fingerprint density at radius 1 is 1.27 bits per heavy atom. The number of carbonyl (C=O) groups excluding carboxylic acids is 1. The lowest BCUT2D eigenvalue weighted by atomic mass is 10.0. The van der Waals surface area contributed by atoms with Crippen LogP contribution in [0.4, 0.5) is 0 Å². The van der Waals surface area contributed by atoms with Crippen LogP contribution in [0.3, 0.4) is 0 Å². The average molecular weight is 432 g/mol. The summed E-state index contributed by atoms with van der Waals surface area (Å²) >= 11 is 5.98. The molecule has 1 heterocycles. The SMILES string of the molecule is O=C(NC[C@@H]1CC/C(C(O)OCc2cccc(Cl)c2)=C/CCO1)c1ccc(O)cc1. The van der Waals surface area contributed by atoms with E-state index in [-0.39, 0.29) is 24.4 Å². The number of halogens is 1. The van der Waals surface area contributed by atoms with Gasteiger partial charge in [0.05, 0.1) is 19.3 Å². The Kier molecular flexibility index (Phi) is 8.28. The molecule has 3 rings (SSSR count). The van der Waals surface area contributed by atoms with Crippen LogP contribution < -0.4 is 5.32 Å². The molecule has 0 fully saturated rings. The fourth-order valence-electron chi connectivity index (χ4n) is 3.21.